The SMILES string of the molecule is CCC(Cc1ccccc1)N(Cc1ccccc1F)C(=O)c1c(O)ccc2ccccc12. The molecule has 0 spiro atoms. The Hall–Kier alpha value is -3.66. The van der Waals surface area contributed by atoms with Gasteiger partial charge in [0.25, 0.3) is 5.91 Å². The minimum atomic E-state index is -0.345. The molecule has 0 radical (unpaired) electrons. The summed E-state index contributed by atoms with van der Waals surface area (Å²) in [6, 6.07) is 27.2. The summed E-state index contributed by atoms with van der Waals surface area (Å²) in [4.78, 5) is 15.6. The van der Waals surface area contributed by atoms with E-state index >= 15 is 0 Å². The molecular weight excluding hydrogens is 401 g/mol. The van der Waals surface area contributed by atoms with Crippen LogP contribution >= 0.6 is 0 Å². The predicted octanol–water partition coefficient (Wildman–Crippen LogP) is 6.35. The van der Waals surface area contributed by atoms with E-state index in [0.717, 1.165) is 10.9 Å². The lowest BCUT2D eigenvalue weighted by atomic mass is 9.98. The van der Waals surface area contributed by atoms with Gasteiger partial charge < -0.3 is 10.0 Å². The Morgan fingerprint density at radius 1 is 0.906 bits per heavy atom. The van der Waals surface area contributed by atoms with E-state index in [1.54, 1.807) is 35.2 Å². The molecule has 32 heavy (non-hydrogen) atoms. The van der Waals surface area contributed by atoms with Gasteiger partial charge in [0, 0.05) is 18.2 Å². The molecule has 4 aromatic rings. The second kappa shape index (κ2) is 9.65. The molecule has 4 aromatic carbocycles. The van der Waals surface area contributed by atoms with Crippen LogP contribution in [0.25, 0.3) is 10.8 Å². The van der Waals surface area contributed by atoms with Crippen LogP contribution in [0.4, 0.5) is 4.39 Å². The Morgan fingerprint density at radius 2 is 1.59 bits per heavy atom. The Morgan fingerprint density at radius 3 is 2.34 bits per heavy atom. The maximum absolute atomic E-state index is 14.6. The molecule has 0 saturated carbocycles. The number of carbonyl (C=O) groups excluding carboxylic acids is 1. The largest absolute Gasteiger partial charge is 0.507 e. The smallest absolute Gasteiger partial charge is 0.258 e. The number of fused-ring (bicyclic) bond motifs is 1. The summed E-state index contributed by atoms with van der Waals surface area (Å²) < 4.78 is 14.6. The molecule has 4 rings (SSSR count). The lowest BCUT2D eigenvalue weighted by molar-refractivity contribution is 0.0651. The third-order valence-corrected chi connectivity index (χ3v) is 5.91. The normalized spacial score (nSPS) is 11.9. The van der Waals surface area contributed by atoms with Crippen LogP contribution in [0.2, 0.25) is 0 Å². The van der Waals surface area contributed by atoms with Crippen molar-refractivity contribution in [1.82, 2.24) is 4.90 Å². The van der Waals surface area contributed by atoms with E-state index in [9.17, 15) is 14.3 Å². The standard InChI is InChI=1S/C28H26FNO2/c1-2-23(18-20-10-4-3-5-11-20)30(19-22-13-7-9-15-25(22)29)28(32)27-24-14-8-6-12-21(24)16-17-26(27)31/h3-17,23,31H,2,18-19H2,1H3. The zero-order chi connectivity index (χ0) is 22.5. The van der Waals surface area contributed by atoms with Gasteiger partial charge in [0.2, 0.25) is 0 Å². The predicted molar refractivity (Wildman–Crippen MR) is 126 cm³/mol. The first-order valence-corrected chi connectivity index (χ1v) is 10.9. The number of amides is 1. The molecule has 162 valence electrons. The lowest BCUT2D eigenvalue weighted by Gasteiger charge is -2.32. The number of halogens is 1. The molecule has 0 bridgehead atoms. The second-order valence-electron chi connectivity index (χ2n) is 7.96. The molecule has 1 atom stereocenters. The van der Waals surface area contributed by atoms with Gasteiger partial charge in [0.15, 0.2) is 0 Å². The van der Waals surface area contributed by atoms with E-state index in [-0.39, 0.29) is 35.6 Å². The summed E-state index contributed by atoms with van der Waals surface area (Å²) in [5.74, 6) is -0.714. The van der Waals surface area contributed by atoms with Crippen molar-refractivity contribution in [2.45, 2.75) is 32.4 Å². The highest BCUT2D eigenvalue weighted by Crippen LogP contribution is 2.30. The monoisotopic (exact) mass is 427 g/mol. The molecule has 4 heteroatoms. The average Bonchev–Trinajstić information content (AvgIpc) is 2.82. The van der Waals surface area contributed by atoms with E-state index < -0.39 is 0 Å². The highest BCUT2D eigenvalue weighted by atomic mass is 19.1. The molecule has 3 nitrogen and oxygen atoms in total. The molecule has 1 amide bonds. The first kappa shape index (κ1) is 21.6. The number of nitrogens with zero attached hydrogens (tertiary/aromatic N) is 1. The van der Waals surface area contributed by atoms with Gasteiger partial charge in [-0.3, -0.25) is 4.79 Å². The van der Waals surface area contributed by atoms with Crippen molar-refractivity contribution in [3.05, 3.63) is 114 Å². The van der Waals surface area contributed by atoms with Crippen molar-refractivity contribution in [1.29, 1.82) is 0 Å². The maximum atomic E-state index is 14.6. The zero-order valence-electron chi connectivity index (χ0n) is 18.0. The summed E-state index contributed by atoms with van der Waals surface area (Å²) in [5, 5.41) is 12.2. The Kier molecular flexibility index (Phi) is 6.50. The van der Waals surface area contributed by atoms with Crippen LogP contribution in [0.3, 0.4) is 0 Å². The van der Waals surface area contributed by atoms with Gasteiger partial charge >= 0.3 is 0 Å². The first-order valence-electron chi connectivity index (χ1n) is 10.9. The fourth-order valence-electron chi connectivity index (χ4n) is 4.17. The van der Waals surface area contributed by atoms with Crippen molar-refractivity contribution in [2.75, 3.05) is 0 Å². The topological polar surface area (TPSA) is 40.5 Å². The number of phenolic OH excluding ortho intramolecular Hbond substituents is 1. The molecule has 1 unspecified atom stereocenters. The maximum Gasteiger partial charge on any atom is 0.258 e. The van der Waals surface area contributed by atoms with Gasteiger partial charge in [-0.25, -0.2) is 4.39 Å². The summed E-state index contributed by atoms with van der Waals surface area (Å²) in [6.45, 7) is 2.15. The van der Waals surface area contributed by atoms with Gasteiger partial charge in [-0.05, 0) is 41.3 Å². The Bertz CT molecular complexity index is 1220. The van der Waals surface area contributed by atoms with Crippen molar-refractivity contribution in [2.24, 2.45) is 0 Å². The third kappa shape index (κ3) is 4.50. The van der Waals surface area contributed by atoms with E-state index in [0.29, 0.717) is 23.8 Å². The molecule has 0 fully saturated rings. The summed E-state index contributed by atoms with van der Waals surface area (Å²) in [6.07, 6.45) is 1.34. The van der Waals surface area contributed by atoms with E-state index in [1.165, 1.54) is 6.07 Å². The molecule has 0 aromatic heterocycles. The van der Waals surface area contributed by atoms with Crippen LogP contribution in [0.5, 0.6) is 5.75 Å². The number of phenols is 1. The fourth-order valence-corrected chi connectivity index (χ4v) is 4.17. The van der Waals surface area contributed by atoms with Gasteiger partial charge in [0.05, 0.1) is 5.56 Å². The number of hydrogen-bond acceptors (Lipinski definition) is 2. The number of rotatable bonds is 7. The number of hydrogen-bond donors (Lipinski definition) is 1. The highest BCUT2D eigenvalue weighted by molar-refractivity contribution is 6.09. The molecule has 0 aliphatic heterocycles. The second-order valence-corrected chi connectivity index (χ2v) is 7.96. The quantitative estimate of drug-likeness (QED) is 0.373. The Balaban J connectivity index is 1.79. The first-order chi connectivity index (χ1) is 15.6. The minimum Gasteiger partial charge on any atom is -0.507 e. The lowest BCUT2D eigenvalue weighted by Crippen LogP contribution is -2.41. The van der Waals surface area contributed by atoms with Crippen LogP contribution in [-0.2, 0) is 13.0 Å². The molecule has 0 saturated heterocycles. The number of aromatic hydroxyl groups is 1. The Labute approximate surface area is 187 Å². The van der Waals surface area contributed by atoms with Gasteiger partial charge in [-0.1, -0.05) is 85.8 Å². The molecule has 0 heterocycles. The van der Waals surface area contributed by atoms with Crippen molar-refractivity contribution >= 4 is 16.7 Å². The van der Waals surface area contributed by atoms with Crippen LogP contribution in [0.15, 0.2) is 91.0 Å². The van der Waals surface area contributed by atoms with Crippen LogP contribution in [0.1, 0.15) is 34.8 Å². The van der Waals surface area contributed by atoms with Crippen LogP contribution in [-0.4, -0.2) is 22.0 Å². The third-order valence-electron chi connectivity index (χ3n) is 5.91. The fraction of sp³-hybridized carbons (Fsp3) is 0.179. The van der Waals surface area contributed by atoms with E-state index in [2.05, 4.69) is 0 Å². The van der Waals surface area contributed by atoms with E-state index in [4.69, 9.17) is 0 Å². The van der Waals surface area contributed by atoms with E-state index in [1.807, 2.05) is 61.5 Å². The van der Waals surface area contributed by atoms with Gasteiger partial charge in [0.1, 0.15) is 11.6 Å². The zero-order valence-corrected chi connectivity index (χ0v) is 18.0. The highest BCUT2D eigenvalue weighted by Gasteiger charge is 2.28. The summed E-state index contributed by atoms with van der Waals surface area (Å²) in [5.41, 5.74) is 1.81. The number of carbonyl (C=O) groups is 1. The van der Waals surface area contributed by atoms with Crippen LogP contribution < -0.4 is 0 Å². The molecule has 0 aliphatic rings. The van der Waals surface area contributed by atoms with Gasteiger partial charge in [-0.2, -0.15) is 0 Å². The van der Waals surface area contributed by atoms with Crippen molar-refractivity contribution in [3.63, 3.8) is 0 Å². The summed E-state index contributed by atoms with van der Waals surface area (Å²) >= 11 is 0. The molecule has 0 aliphatic carbocycles. The molecule has 1 N–H and O–H groups in total. The van der Waals surface area contributed by atoms with Crippen molar-refractivity contribution < 1.29 is 14.3 Å². The van der Waals surface area contributed by atoms with Gasteiger partial charge in [-0.15, -0.1) is 0 Å². The minimum absolute atomic E-state index is 0.0678. The molecular formula is C28H26FNO2. The van der Waals surface area contributed by atoms with Crippen LogP contribution in [0, 0.1) is 5.82 Å². The number of benzene rings is 4. The van der Waals surface area contributed by atoms with Crippen molar-refractivity contribution in [3.8, 4) is 5.75 Å². The average molecular weight is 428 g/mol. The summed E-state index contributed by atoms with van der Waals surface area (Å²) in [7, 11) is 0.